The van der Waals surface area contributed by atoms with Crippen molar-refractivity contribution < 1.29 is 81.6 Å². The van der Waals surface area contributed by atoms with Crippen LogP contribution in [0.1, 0.15) is 158 Å². The third-order valence-electron chi connectivity index (χ3n) is 16.9. The molecule has 468 valence electrons. The fourth-order valence-electron chi connectivity index (χ4n) is 11.9. The number of carbonyl (C=O) groups excluding carboxylic acids is 5. The smallest absolute Gasteiger partial charge is 0.329 e. The summed E-state index contributed by atoms with van der Waals surface area (Å²) in [5.74, 6) is -6.79. The molecule has 0 aromatic heterocycles. The van der Waals surface area contributed by atoms with Crippen molar-refractivity contribution in [2.75, 3.05) is 80.7 Å². The number of esters is 2. The van der Waals surface area contributed by atoms with Gasteiger partial charge in [0.25, 0.3) is 11.7 Å². The van der Waals surface area contributed by atoms with Gasteiger partial charge in [0.1, 0.15) is 30.5 Å². The fourth-order valence-corrected chi connectivity index (χ4v) is 11.9. The molecule has 4 aliphatic rings. The van der Waals surface area contributed by atoms with Gasteiger partial charge in [-0.15, -0.1) is 0 Å². The third kappa shape index (κ3) is 23.0. The highest BCUT2D eigenvalue weighted by Gasteiger charge is 2.53. The second kappa shape index (κ2) is 37.7. The second-order valence-electron chi connectivity index (χ2n) is 23.7. The van der Waals surface area contributed by atoms with E-state index in [-0.39, 0.29) is 60.9 Å². The number of carbonyl (C=O) groups is 5. The maximum absolute atomic E-state index is 14.6. The van der Waals surface area contributed by atoms with Gasteiger partial charge in [0.2, 0.25) is 5.79 Å². The van der Waals surface area contributed by atoms with Crippen molar-refractivity contribution >= 4 is 29.4 Å². The minimum atomic E-state index is -2.41. The van der Waals surface area contributed by atoms with Crippen LogP contribution in [0.15, 0.2) is 47.6 Å². The van der Waals surface area contributed by atoms with Crippen molar-refractivity contribution in [3.05, 3.63) is 47.6 Å². The minimum absolute atomic E-state index is 0.0468. The van der Waals surface area contributed by atoms with Crippen LogP contribution in [0.4, 0.5) is 0 Å². The summed E-state index contributed by atoms with van der Waals surface area (Å²) in [6.45, 7) is 19.6. The number of allylic oxidation sites excluding steroid dienone is 6. The van der Waals surface area contributed by atoms with E-state index in [0.717, 1.165) is 25.0 Å². The molecule has 18 heteroatoms. The Morgan fingerprint density at radius 3 is 2.09 bits per heavy atom. The Hall–Kier alpha value is -3.69. The van der Waals surface area contributed by atoms with Crippen molar-refractivity contribution in [2.24, 2.45) is 35.5 Å². The zero-order valence-corrected chi connectivity index (χ0v) is 51.7. The molecule has 3 aliphatic heterocycles. The summed E-state index contributed by atoms with van der Waals surface area (Å²) in [6, 6.07) is -1.06. The zero-order chi connectivity index (χ0) is 60.2. The minimum Gasteiger partial charge on any atom is -0.461 e. The number of aliphatic hydroxyl groups excluding tert-OH is 1. The van der Waals surface area contributed by atoms with E-state index < -0.39 is 77.9 Å². The van der Waals surface area contributed by atoms with Crippen LogP contribution in [0.2, 0.25) is 0 Å². The lowest BCUT2D eigenvalue weighted by Gasteiger charge is -2.42. The molecule has 0 spiro atoms. The monoisotopic (exact) mass is 1160 g/mol. The highest BCUT2D eigenvalue weighted by atomic mass is 16.6. The molecule has 0 unspecified atom stereocenters. The van der Waals surface area contributed by atoms with Gasteiger partial charge in [0.15, 0.2) is 5.78 Å². The lowest BCUT2D eigenvalue weighted by atomic mass is 9.78. The van der Waals surface area contributed by atoms with E-state index in [9.17, 15) is 34.2 Å². The molecule has 2 bridgehead atoms. The number of rotatable bonds is 22. The van der Waals surface area contributed by atoms with Gasteiger partial charge in [-0.25, -0.2) is 4.79 Å². The molecule has 2 N–H and O–H groups in total. The van der Waals surface area contributed by atoms with Gasteiger partial charge in [0, 0.05) is 65.8 Å². The number of piperidine rings is 1. The van der Waals surface area contributed by atoms with Crippen molar-refractivity contribution in [3.63, 3.8) is 0 Å². The second-order valence-corrected chi connectivity index (χ2v) is 23.7. The molecule has 1 amide bonds. The standard InChI is InChI=1S/C64H105NO17/c1-12-30-76-32-34-78-36-37-79-35-33-77-31-18-22-57(66)80-54-28-25-50(41-56(54)74-10)40-46(5)53-27-23-44(3)39-48(7)59(68)60(75-11)58(67)47(6)38-43(2)19-14-13-15-20-45(4)55(73-9)42-51-26-24-49(8)64(72,82-51)61(69)62(70)65-29-17-16-21-52(65)63(71)81-53/h13-15,19-20,39,43-44,46-47,49-56,59-60,68,72H,12,16-18,21-38,40-42H2,1-11H3/b15-13+,19-14+,45-20+,48-39+/t43-,44+,46-,47-,49-,50+,51+,52+,53+,54-,55+,56-,59-,60+,64-/m1/s1. The molecular weight excluding hydrogens is 1050 g/mol. The van der Waals surface area contributed by atoms with Crippen LogP contribution >= 0.6 is 0 Å². The lowest BCUT2D eigenvalue weighted by Crippen LogP contribution is -2.61. The first-order valence-corrected chi connectivity index (χ1v) is 30.7. The van der Waals surface area contributed by atoms with Gasteiger partial charge in [-0.3, -0.25) is 19.2 Å². The van der Waals surface area contributed by atoms with Crippen LogP contribution in [0.3, 0.4) is 0 Å². The van der Waals surface area contributed by atoms with Gasteiger partial charge >= 0.3 is 11.9 Å². The van der Waals surface area contributed by atoms with E-state index in [4.69, 9.17) is 47.4 Å². The Morgan fingerprint density at radius 1 is 0.744 bits per heavy atom. The van der Waals surface area contributed by atoms with E-state index >= 15 is 0 Å². The van der Waals surface area contributed by atoms with Crippen molar-refractivity contribution in [1.82, 2.24) is 4.90 Å². The molecule has 0 aromatic carbocycles. The van der Waals surface area contributed by atoms with E-state index in [0.29, 0.717) is 129 Å². The first kappa shape index (κ1) is 70.8. The number of methoxy groups -OCH3 is 3. The third-order valence-corrected chi connectivity index (χ3v) is 16.9. The molecular formula is C64H105NO17. The maximum Gasteiger partial charge on any atom is 0.329 e. The first-order chi connectivity index (χ1) is 39.3. The van der Waals surface area contributed by atoms with Crippen LogP contribution in [-0.4, -0.2) is 180 Å². The van der Waals surface area contributed by atoms with Gasteiger partial charge in [-0.05, 0) is 139 Å². The number of nitrogens with zero attached hydrogens (tertiary/aromatic N) is 1. The van der Waals surface area contributed by atoms with Gasteiger partial charge in [-0.1, -0.05) is 78.0 Å². The largest absolute Gasteiger partial charge is 0.461 e. The quantitative estimate of drug-likeness (QED) is 0.0447. The molecule has 3 heterocycles. The summed E-state index contributed by atoms with van der Waals surface area (Å²) in [4.78, 5) is 71.6. The van der Waals surface area contributed by atoms with Crippen LogP contribution in [0, 0.1) is 35.5 Å². The predicted octanol–water partition coefficient (Wildman–Crippen LogP) is 8.81. The van der Waals surface area contributed by atoms with Crippen molar-refractivity contribution in [3.8, 4) is 0 Å². The Kier molecular flexibility index (Phi) is 32.5. The summed E-state index contributed by atoms with van der Waals surface area (Å²) in [5.41, 5.74) is 1.48. The molecule has 1 saturated carbocycles. The number of Topliss-reactive ketones (excluding diaryl/α,β-unsaturated/α-hetero) is 2. The lowest BCUT2D eigenvalue weighted by molar-refractivity contribution is -0.265. The average molecular weight is 1160 g/mol. The number of ether oxygens (including phenoxy) is 10. The van der Waals surface area contributed by atoms with Gasteiger partial charge in [-0.2, -0.15) is 0 Å². The highest BCUT2D eigenvalue weighted by Crippen LogP contribution is 2.38. The Morgan fingerprint density at radius 2 is 1.43 bits per heavy atom. The molecule has 4 rings (SSSR count). The zero-order valence-electron chi connectivity index (χ0n) is 51.7. The number of ketones is 2. The number of fused-ring (bicyclic) bond motifs is 3. The number of hydrogen-bond donors (Lipinski definition) is 2. The van der Waals surface area contributed by atoms with Crippen molar-refractivity contribution in [1.29, 1.82) is 0 Å². The summed E-state index contributed by atoms with van der Waals surface area (Å²) in [7, 11) is 4.65. The summed E-state index contributed by atoms with van der Waals surface area (Å²) in [5, 5.41) is 23.7. The van der Waals surface area contributed by atoms with Crippen LogP contribution in [-0.2, 0) is 71.3 Å². The van der Waals surface area contributed by atoms with E-state index in [1.807, 2.05) is 64.2 Å². The first-order valence-electron chi connectivity index (χ1n) is 30.7. The van der Waals surface area contributed by atoms with Crippen LogP contribution in [0.25, 0.3) is 0 Å². The Labute approximate surface area is 490 Å². The normalized spacial score (nSPS) is 34.4. The maximum atomic E-state index is 14.6. The van der Waals surface area contributed by atoms with Crippen molar-refractivity contribution in [2.45, 2.75) is 213 Å². The average Bonchev–Trinajstić information content (AvgIpc) is 3.53. The Bertz CT molecular complexity index is 2060. The van der Waals surface area contributed by atoms with E-state index in [2.05, 4.69) is 13.8 Å². The topological polar surface area (TPSA) is 221 Å². The molecule has 82 heavy (non-hydrogen) atoms. The molecule has 2 saturated heterocycles. The summed E-state index contributed by atoms with van der Waals surface area (Å²) >= 11 is 0. The summed E-state index contributed by atoms with van der Waals surface area (Å²) in [6.07, 6.45) is 15.6. The van der Waals surface area contributed by atoms with Crippen LogP contribution < -0.4 is 0 Å². The van der Waals surface area contributed by atoms with Gasteiger partial charge in [0.05, 0.1) is 58.0 Å². The fraction of sp³-hybridized carbons (Fsp3) is 0.797. The molecule has 0 radical (unpaired) electrons. The van der Waals surface area contributed by atoms with Crippen LogP contribution in [0.5, 0.6) is 0 Å². The molecule has 15 atom stereocenters. The highest BCUT2D eigenvalue weighted by molar-refractivity contribution is 6.39. The SMILES string of the molecule is CCCOCCOCCOCCOCCCC(=O)O[C@@H]1CC[C@@H](C[C@@H](C)[C@@H]2CC[C@H](C)/C=C(\C)[C@@H](O)[C@@H](OC)C(=O)[C@H](C)C[C@H](C)/C=C/C=C/C=C(\C)[C@@H](OC)C[C@@H]3CC[C@@H](C)[C@@](O)(O3)C(=O)C(=O)N3CCCC[C@H]3C(=O)O2)C[C@H]1OC. The van der Waals surface area contributed by atoms with E-state index in [1.54, 1.807) is 28.1 Å². The number of hydrogen-bond acceptors (Lipinski definition) is 17. The molecule has 3 fully saturated rings. The van der Waals surface area contributed by atoms with E-state index in [1.165, 1.54) is 12.0 Å². The number of aliphatic hydroxyl groups is 2. The molecule has 18 nitrogen and oxygen atoms in total. The van der Waals surface area contributed by atoms with Gasteiger partial charge < -0.3 is 62.5 Å². The summed E-state index contributed by atoms with van der Waals surface area (Å²) < 4.78 is 58.3. The predicted molar refractivity (Wildman–Crippen MR) is 311 cm³/mol. The Balaban J connectivity index is 1.49. The number of cyclic esters (lactones) is 1. The number of amides is 1. The molecule has 0 aromatic rings. The molecule has 1 aliphatic carbocycles.